The largest absolute Gasteiger partial charge is 0.399 e. The molecule has 1 heterocycles. The monoisotopic (exact) mass is 278 g/mol. The first-order valence-electron chi connectivity index (χ1n) is 7.38. The maximum absolute atomic E-state index is 13.0. The number of nitrogens with two attached hydrogens (primary N) is 1. The van der Waals surface area contributed by atoms with Gasteiger partial charge in [0.25, 0.3) is 5.91 Å². The van der Waals surface area contributed by atoms with Crippen LogP contribution in [-0.2, 0) is 5.41 Å². The van der Waals surface area contributed by atoms with Crippen LogP contribution in [0, 0.1) is 6.92 Å². The van der Waals surface area contributed by atoms with Gasteiger partial charge in [-0.15, -0.1) is 0 Å². The lowest BCUT2D eigenvalue weighted by Gasteiger charge is -2.19. The van der Waals surface area contributed by atoms with E-state index in [2.05, 4.69) is 18.2 Å². The van der Waals surface area contributed by atoms with Crippen molar-refractivity contribution in [1.29, 1.82) is 0 Å². The van der Waals surface area contributed by atoms with E-state index >= 15 is 0 Å². The van der Waals surface area contributed by atoms with Gasteiger partial charge in [-0.05, 0) is 49.1 Å². The molecule has 4 rings (SSSR count). The highest BCUT2D eigenvalue weighted by molar-refractivity contribution is 6.09. The van der Waals surface area contributed by atoms with E-state index in [-0.39, 0.29) is 11.3 Å². The van der Waals surface area contributed by atoms with E-state index in [1.807, 2.05) is 30.0 Å². The Morgan fingerprint density at radius 1 is 1.19 bits per heavy atom. The molecule has 1 amide bonds. The van der Waals surface area contributed by atoms with Gasteiger partial charge < -0.3 is 10.6 Å². The van der Waals surface area contributed by atoms with E-state index < -0.39 is 0 Å². The van der Waals surface area contributed by atoms with Crippen LogP contribution in [0.15, 0.2) is 42.5 Å². The molecule has 2 aromatic rings. The van der Waals surface area contributed by atoms with Crippen molar-refractivity contribution in [3.63, 3.8) is 0 Å². The maximum Gasteiger partial charge on any atom is 0.258 e. The highest BCUT2D eigenvalue weighted by Gasteiger charge is 2.52. The van der Waals surface area contributed by atoms with Gasteiger partial charge in [-0.3, -0.25) is 4.79 Å². The minimum absolute atomic E-state index is 0.0658. The quantitative estimate of drug-likeness (QED) is 0.814. The Morgan fingerprint density at radius 3 is 2.71 bits per heavy atom. The summed E-state index contributed by atoms with van der Waals surface area (Å²) >= 11 is 0. The molecule has 0 saturated heterocycles. The molecule has 2 aliphatic rings. The Kier molecular flexibility index (Phi) is 2.43. The van der Waals surface area contributed by atoms with E-state index in [9.17, 15) is 4.79 Å². The molecule has 0 bridgehead atoms. The van der Waals surface area contributed by atoms with Crippen molar-refractivity contribution in [3.05, 3.63) is 59.2 Å². The van der Waals surface area contributed by atoms with E-state index in [4.69, 9.17) is 5.73 Å². The van der Waals surface area contributed by atoms with Crippen LogP contribution in [-0.4, -0.2) is 12.5 Å². The number of amides is 1. The first-order chi connectivity index (χ1) is 10.1. The Hall–Kier alpha value is -2.29. The second-order valence-electron chi connectivity index (χ2n) is 6.26. The summed E-state index contributed by atoms with van der Waals surface area (Å²) in [6.07, 6.45) is 2.37. The average molecular weight is 278 g/mol. The number of hydrogen-bond acceptors (Lipinski definition) is 2. The fourth-order valence-corrected chi connectivity index (χ4v) is 3.41. The summed E-state index contributed by atoms with van der Waals surface area (Å²) in [6.45, 7) is 2.76. The van der Waals surface area contributed by atoms with Crippen LogP contribution in [0.2, 0.25) is 0 Å². The number of carbonyl (C=O) groups is 1. The van der Waals surface area contributed by atoms with Crippen LogP contribution in [0.5, 0.6) is 0 Å². The topological polar surface area (TPSA) is 46.3 Å². The molecule has 2 N–H and O–H groups in total. The molecular weight excluding hydrogens is 260 g/mol. The smallest absolute Gasteiger partial charge is 0.258 e. The molecule has 0 aromatic heterocycles. The van der Waals surface area contributed by atoms with E-state index in [1.54, 1.807) is 6.07 Å². The number of fused-ring (bicyclic) bond motifs is 2. The van der Waals surface area contributed by atoms with Gasteiger partial charge in [0.2, 0.25) is 0 Å². The van der Waals surface area contributed by atoms with Crippen LogP contribution in [0.3, 0.4) is 0 Å². The van der Waals surface area contributed by atoms with E-state index in [1.165, 1.54) is 18.4 Å². The summed E-state index contributed by atoms with van der Waals surface area (Å²) in [5, 5.41) is 0. The molecule has 21 heavy (non-hydrogen) atoms. The van der Waals surface area contributed by atoms with Gasteiger partial charge in [0.1, 0.15) is 0 Å². The lowest BCUT2D eigenvalue weighted by atomic mass is 9.99. The van der Waals surface area contributed by atoms with Gasteiger partial charge in [0.05, 0.1) is 0 Å². The van der Waals surface area contributed by atoms with Crippen LogP contribution in [0.25, 0.3) is 0 Å². The number of benzene rings is 2. The fraction of sp³-hybridized carbons (Fsp3) is 0.278. The number of aryl methyl sites for hydroxylation is 1. The average Bonchev–Trinajstić information content (AvgIpc) is 3.19. The van der Waals surface area contributed by atoms with Gasteiger partial charge in [-0.25, -0.2) is 0 Å². The van der Waals surface area contributed by atoms with Gasteiger partial charge >= 0.3 is 0 Å². The molecule has 1 aliphatic heterocycles. The number of anilines is 2. The molecule has 1 aliphatic carbocycles. The molecule has 2 aromatic carbocycles. The third-order valence-electron chi connectivity index (χ3n) is 4.82. The molecule has 1 spiro atoms. The lowest BCUT2D eigenvalue weighted by Crippen LogP contribution is -2.32. The SMILES string of the molecule is Cc1ccc(N)cc1C(=O)N1CC2(CC2)c2ccccc21. The van der Waals surface area contributed by atoms with Crippen molar-refractivity contribution in [2.75, 3.05) is 17.2 Å². The fourth-order valence-electron chi connectivity index (χ4n) is 3.41. The third-order valence-corrected chi connectivity index (χ3v) is 4.82. The van der Waals surface area contributed by atoms with Crippen LogP contribution in [0.1, 0.15) is 34.3 Å². The van der Waals surface area contributed by atoms with Crippen molar-refractivity contribution in [2.45, 2.75) is 25.2 Å². The van der Waals surface area contributed by atoms with Crippen molar-refractivity contribution in [2.24, 2.45) is 0 Å². The zero-order chi connectivity index (χ0) is 14.6. The molecule has 106 valence electrons. The zero-order valence-electron chi connectivity index (χ0n) is 12.1. The summed E-state index contributed by atoms with van der Waals surface area (Å²) in [7, 11) is 0. The summed E-state index contributed by atoms with van der Waals surface area (Å²) in [5.41, 5.74) is 10.8. The molecule has 0 unspecified atom stereocenters. The third kappa shape index (κ3) is 1.77. The Labute approximate surface area is 124 Å². The van der Waals surface area contributed by atoms with E-state index in [0.29, 0.717) is 11.3 Å². The number of hydrogen-bond donors (Lipinski definition) is 1. The van der Waals surface area contributed by atoms with Crippen LogP contribution < -0.4 is 10.6 Å². The Morgan fingerprint density at radius 2 is 1.95 bits per heavy atom. The van der Waals surface area contributed by atoms with E-state index in [0.717, 1.165) is 17.8 Å². The first-order valence-corrected chi connectivity index (χ1v) is 7.38. The molecule has 3 heteroatoms. The van der Waals surface area contributed by atoms with Gasteiger partial charge in [0.15, 0.2) is 0 Å². The predicted octanol–water partition coefficient (Wildman–Crippen LogP) is 3.27. The maximum atomic E-state index is 13.0. The standard InChI is InChI=1S/C18H18N2O/c1-12-6-7-13(19)10-14(12)17(21)20-11-18(8-9-18)15-4-2-3-5-16(15)20/h2-7,10H,8-9,11,19H2,1H3. The van der Waals surface area contributed by atoms with Crippen LogP contribution >= 0.6 is 0 Å². The minimum Gasteiger partial charge on any atom is -0.399 e. The number of nitrogens with zero attached hydrogens (tertiary/aromatic N) is 1. The molecular formula is C18H18N2O. The van der Waals surface area contributed by atoms with Gasteiger partial charge in [-0.2, -0.15) is 0 Å². The molecule has 1 fully saturated rings. The summed E-state index contributed by atoms with van der Waals surface area (Å²) in [5.74, 6) is 0.0658. The first kappa shape index (κ1) is 12.5. The predicted molar refractivity (Wildman–Crippen MR) is 84.6 cm³/mol. The van der Waals surface area contributed by atoms with Crippen molar-refractivity contribution in [3.8, 4) is 0 Å². The van der Waals surface area contributed by atoms with Crippen molar-refractivity contribution in [1.82, 2.24) is 0 Å². The molecule has 0 atom stereocenters. The number of para-hydroxylation sites is 1. The molecule has 0 radical (unpaired) electrons. The zero-order valence-corrected chi connectivity index (χ0v) is 12.1. The minimum atomic E-state index is 0.0658. The highest BCUT2D eigenvalue weighted by Crippen LogP contribution is 2.56. The second kappa shape index (κ2) is 4.10. The normalized spacial score (nSPS) is 17.9. The number of carbonyl (C=O) groups excluding carboxylic acids is 1. The van der Waals surface area contributed by atoms with Gasteiger partial charge in [0, 0.05) is 28.9 Å². The van der Waals surface area contributed by atoms with Crippen molar-refractivity contribution >= 4 is 17.3 Å². The molecule has 1 saturated carbocycles. The Bertz CT molecular complexity index is 747. The number of rotatable bonds is 1. The summed E-state index contributed by atoms with van der Waals surface area (Å²) in [4.78, 5) is 14.9. The van der Waals surface area contributed by atoms with Crippen molar-refractivity contribution < 1.29 is 4.79 Å². The Balaban J connectivity index is 1.78. The number of nitrogen functional groups attached to an aromatic ring is 1. The van der Waals surface area contributed by atoms with Gasteiger partial charge in [-0.1, -0.05) is 24.3 Å². The molecule has 3 nitrogen and oxygen atoms in total. The highest BCUT2D eigenvalue weighted by atomic mass is 16.2. The second-order valence-corrected chi connectivity index (χ2v) is 6.26. The summed E-state index contributed by atoms with van der Waals surface area (Å²) < 4.78 is 0. The van der Waals surface area contributed by atoms with Crippen LogP contribution in [0.4, 0.5) is 11.4 Å². The summed E-state index contributed by atoms with van der Waals surface area (Å²) in [6, 6.07) is 13.8. The lowest BCUT2D eigenvalue weighted by molar-refractivity contribution is 0.0987.